The maximum absolute atomic E-state index is 11.5. The molecule has 2 heterocycles. The predicted molar refractivity (Wildman–Crippen MR) is 66.4 cm³/mol. The number of rotatable bonds is 2. The van der Waals surface area contributed by atoms with Gasteiger partial charge in [0.2, 0.25) is 0 Å². The van der Waals surface area contributed by atoms with Crippen molar-refractivity contribution in [3.05, 3.63) is 18.1 Å². The second-order valence-corrected chi connectivity index (χ2v) is 5.31. The highest BCUT2D eigenvalue weighted by molar-refractivity contribution is 5.79. The predicted octanol–water partition coefficient (Wildman–Crippen LogP) is 1.47. The van der Waals surface area contributed by atoms with Crippen molar-refractivity contribution in [2.45, 2.75) is 32.2 Å². The van der Waals surface area contributed by atoms with Crippen molar-refractivity contribution >= 4 is 11.8 Å². The molecule has 3 atom stereocenters. The lowest BCUT2D eigenvalue weighted by molar-refractivity contribution is -0.139. The molecule has 1 aromatic rings. The Labute approximate surface area is 106 Å². The van der Waals surface area contributed by atoms with Crippen LogP contribution in [0.3, 0.4) is 0 Å². The van der Waals surface area contributed by atoms with Gasteiger partial charge in [0.1, 0.15) is 18.2 Å². The van der Waals surface area contributed by atoms with Crippen molar-refractivity contribution in [2.75, 3.05) is 11.4 Å². The van der Waals surface area contributed by atoms with E-state index < -0.39 is 12.0 Å². The van der Waals surface area contributed by atoms with Crippen molar-refractivity contribution in [3.63, 3.8) is 0 Å². The monoisotopic (exact) mass is 247 g/mol. The van der Waals surface area contributed by atoms with Crippen molar-refractivity contribution in [1.29, 1.82) is 0 Å². The molecule has 0 aromatic carbocycles. The summed E-state index contributed by atoms with van der Waals surface area (Å²) in [5, 5.41) is 9.48. The highest BCUT2D eigenvalue weighted by atomic mass is 16.4. The lowest BCUT2D eigenvalue weighted by atomic mass is 9.94. The van der Waals surface area contributed by atoms with Crippen molar-refractivity contribution < 1.29 is 9.90 Å². The number of aryl methyl sites for hydroxylation is 1. The molecule has 1 aliphatic heterocycles. The van der Waals surface area contributed by atoms with Crippen LogP contribution in [0.2, 0.25) is 0 Å². The van der Waals surface area contributed by atoms with Gasteiger partial charge < -0.3 is 10.0 Å². The first kappa shape index (κ1) is 11.4. The minimum atomic E-state index is -0.722. The molecular weight excluding hydrogens is 230 g/mol. The third-order valence-electron chi connectivity index (χ3n) is 4.23. The Morgan fingerprint density at radius 1 is 1.44 bits per heavy atom. The van der Waals surface area contributed by atoms with Crippen LogP contribution in [0.15, 0.2) is 12.4 Å². The molecule has 2 aliphatic rings. The first-order chi connectivity index (χ1) is 8.66. The fraction of sp³-hybridized carbons (Fsp3) is 0.615. The zero-order valence-corrected chi connectivity index (χ0v) is 10.4. The molecule has 0 amide bonds. The van der Waals surface area contributed by atoms with Crippen molar-refractivity contribution in [1.82, 2.24) is 9.97 Å². The fourth-order valence-corrected chi connectivity index (χ4v) is 3.46. The molecule has 3 rings (SSSR count). The molecule has 18 heavy (non-hydrogen) atoms. The third-order valence-corrected chi connectivity index (χ3v) is 4.23. The van der Waals surface area contributed by atoms with Gasteiger partial charge in [0.15, 0.2) is 0 Å². The maximum atomic E-state index is 11.5. The van der Waals surface area contributed by atoms with Gasteiger partial charge in [-0.25, -0.2) is 14.8 Å². The molecule has 0 radical (unpaired) electrons. The van der Waals surface area contributed by atoms with E-state index in [1.54, 1.807) is 0 Å². The van der Waals surface area contributed by atoms with Crippen LogP contribution in [0, 0.1) is 18.8 Å². The second kappa shape index (κ2) is 4.23. The Bertz CT molecular complexity index is 477. The quantitative estimate of drug-likeness (QED) is 0.857. The van der Waals surface area contributed by atoms with Gasteiger partial charge in [-0.15, -0.1) is 0 Å². The van der Waals surface area contributed by atoms with E-state index in [1.165, 1.54) is 6.33 Å². The number of anilines is 1. The van der Waals surface area contributed by atoms with Gasteiger partial charge in [-0.1, -0.05) is 6.42 Å². The lowest BCUT2D eigenvalue weighted by Gasteiger charge is -2.25. The summed E-state index contributed by atoms with van der Waals surface area (Å²) in [6.07, 6.45) is 4.85. The zero-order valence-electron chi connectivity index (χ0n) is 10.4. The number of aromatic nitrogens is 2. The lowest BCUT2D eigenvalue weighted by Crippen LogP contribution is -2.40. The van der Waals surface area contributed by atoms with E-state index in [2.05, 4.69) is 9.97 Å². The summed E-state index contributed by atoms with van der Waals surface area (Å²) >= 11 is 0. The number of fused-ring (bicyclic) bond motifs is 1. The van der Waals surface area contributed by atoms with Crippen LogP contribution in [-0.4, -0.2) is 33.6 Å². The summed E-state index contributed by atoms with van der Waals surface area (Å²) in [5.74, 6) is 0.837. The number of carboxylic acids is 1. The number of nitrogens with zero attached hydrogens (tertiary/aromatic N) is 3. The molecule has 2 fully saturated rings. The minimum Gasteiger partial charge on any atom is -0.480 e. The molecule has 1 N–H and O–H groups in total. The largest absolute Gasteiger partial charge is 0.480 e. The maximum Gasteiger partial charge on any atom is 0.326 e. The van der Waals surface area contributed by atoms with E-state index in [4.69, 9.17) is 0 Å². The van der Waals surface area contributed by atoms with Crippen LogP contribution in [0.4, 0.5) is 5.82 Å². The van der Waals surface area contributed by atoms with Gasteiger partial charge in [-0.05, 0) is 31.6 Å². The molecule has 0 spiro atoms. The highest BCUT2D eigenvalue weighted by Crippen LogP contribution is 2.43. The Morgan fingerprint density at radius 3 is 3.00 bits per heavy atom. The standard InChI is InChI=1S/C13H17N3O2/c1-8-5-11(15-7-14-8)16-6-9-3-2-4-10(9)12(16)13(17)18/h5,7,9-10,12H,2-4,6H2,1H3,(H,17,18). The van der Waals surface area contributed by atoms with Gasteiger partial charge in [0.05, 0.1) is 0 Å². The summed E-state index contributed by atoms with van der Waals surface area (Å²) in [5.41, 5.74) is 0.876. The van der Waals surface area contributed by atoms with E-state index >= 15 is 0 Å². The van der Waals surface area contributed by atoms with Crippen LogP contribution in [0.1, 0.15) is 25.0 Å². The highest BCUT2D eigenvalue weighted by Gasteiger charge is 2.48. The first-order valence-electron chi connectivity index (χ1n) is 6.45. The van der Waals surface area contributed by atoms with E-state index in [9.17, 15) is 9.90 Å². The molecular formula is C13H17N3O2. The molecule has 5 heteroatoms. The van der Waals surface area contributed by atoms with Crippen LogP contribution >= 0.6 is 0 Å². The number of carbonyl (C=O) groups is 1. The van der Waals surface area contributed by atoms with Gasteiger partial charge >= 0.3 is 5.97 Å². The topological polar surface area (TPSA) is 66.3 Å². The van der Waals surface area contributed by atoms with Crippen molar-refractivity contribution in [3.8, 4) is 0 Å². The molecule has 0 bridgehead atoms. The number of hydrogen-bond donors (Lipinski definition) is 1. The summed E-state index contributed by atoms with van der Waals surface area (Å²) in [7, 11) is 0. The normalized spacial score (nSPS) is 30.5. The second-order valence-electron chi connectivity index (χ2n) is 5.31. The van der Waals surface area contributed by atoms with Crippen LogP contribution in [-0.2, 0) is 4.79 Å². The van der Waals surface area contributed by atoms with Gasteiger partial charge in [-0.2, -0.15) is 0 Å². The van der Waals surface area contributed by atoms with Crippen molar-refractivity contribution in [2.24, 2.45) is 11.8 Å². The van der Waals surface area contributed by atoms with Gasteiger partial charge in [0, 0.05) is 18.3 Å². The Kier molecular flexibility index (Phi) is 2.69. The molecule has 1 aliphatic carbocycles. The molecule has 96 valence electrons. The summed E-state index contributed by atoms with van der Waals surface area (Å²) in [6.45, 7) is 2.72. The summed E-state index contributed by atoms with van der Waals surface area (Å²) in [6, 6.07) is 1.46. The number of carboxylic acid groups (broad SMARTS) is 1. The molecule has 1 saturated carbocycles. The Morgan fingerprint density at radius 2 is 2.28 bits per heavy atom. The fourth-order valence-electron chi connectivity index (χ4n) is 3.46. The van der Waals surface area contributed by atoms with E-state index in [0.717, 1.165) is 37.3 Å². The Balaban J connectivity index is 1.94. The summed E-state index contributed by atoms with van der Waals surface area (Å²) < 4.78 is 0. The average Bonchev–Trinajstić information content (AvgIpc) is 2.87. The van der Waals surface area contributed by atoms with E-state index in [-0.39, 0.29) is 5.92 Å². The zero-order chi connectivity index (χ0) is 12.7. The molecule has 1 aromatic heterocycles. The minimum absolute atomic E-state index is 0.290. The van der Waals surface area contributed by atoms with Gasteiger partial charge in [0.25, 0.3) is 0 Å². The first-order valence-corrected chi connectivity index (χ1v) is 6.45. The Hall–Kier alpha value is -1.65. The number of hydrogen-bond acceptors (Lipinski definition) is 4. The van der Waals surface area contributed by atoms with E-state index in [0.29, 0.717) is 5.92 Å². The van der Waals surface area contributed by atoms with Crippen LogP contribution < -0.4 is 4.90 Å². The number of aliphatic carboxylic acids is 1. The van der Waals surface area contributed by atoms with Crippen LogP contribution in [0.5, 0.6) is 0 Å². The molecule has 1 saturated heterocycles. The smallest absolute Gasteiger partial charge is 0.326 e. The summed E-state index contributed by atoms with van der Waals surface area (Å²) in [4.78, 5) is 21.8. The third kappa shape index (κ3) is 1.74. The molecule has 5 nitrogen and oxygen atoms in total. The van der Waals surface area contributed by atoms with Gasteiger partial charge in [-0.3, -0.25) is 0 Å². The van der Waals surface area contributed by atoms with E-state index in [1.807, 2.05) is 17.9 Å². The SMILES string of the molecule is Cc1cc(N2CC3CCCC3C2C(=O)O)ncn1. The van der Waals surface area contributed by atoms with Crippen LogP contribution in [0.25, 0.3) is 0 Å². The molecule has 3 unspecified atom stereocenters. The average molecular weight is 247 g/mol.